The molecule has 1 aliphatic heterocycles. The maximum Gasteiger partial charge on any atom is 0.0320 e. The van der Waals surface area contributed by atoms with Crippen molar-refractivity contribution in [1.82, 2.24) is 5.32 Å². The average Bonchev–Trinajstić information content (AvgIpc) is 2.23. The molecule has 0 aromatic heterocycles. The van der Waals surface area contributed by atoms with Crippen LogP contribution >= 0.6 is 38.5 Å². The smallest absolute Gasteiger partial charge is 0.0320 e. The predicted octanol–water partition coefficient (Wildman–Crippen LogP) is 3.87. The predicted molar refractivity (Wildman–Crippen MR) is 71.5 cm³/mol. The summed E-state index contributed by atoms with van der Waals surface area (Å²) >= 11 is 5.90. The highest BCUT2D eigenvalue weighted by Gasteiger charge is 2.14. The van der Waals surface area contributed by atoms with Gasteiger partial charge in [0.1, 0.15) is 0 Å². The van der Waals surface area contributed by atoms with Crippen molar-refractivity contribution in [2.24, 2.45) is 0 Å². The van der Waals surface area contributed by atoms with Crippen LogP contribution in [0.2, 0.25) is 0 Å². The van der Waals surface area contributed by atoms with Gasteiger partial charge in [-0.3, -0.25) is 0 Å². The molecule has 1 heterocycles. The monoisotopic (exact) mass is 365 g/mol. The molecule has 14 heavy (non-hydrogen) atoms. The summed E-state index contributed by atoms with van der Waals surface area (Å²) in [4.78, 5) is 0. The first kappa shape index (κ1) is 10.9. The van der Waals surface area contributed by atoms with Crippen molar-refractivity contribution < 1.29 is 0 Å². The molecule has 1 N–H and O–H groups in total. The van der Waals surface area contributed by atoms with Gasteiger partial charge in [0.2, 0.25) is 0 Å². The topological polar surface area (TPSA) is 12.0 Å². The van der Waals surface area contributed by atoms with Crippen LogP contribution in [-0.4, -0.2) is 6.54 Å². The maximum atomic E-state index is 3.56. The molecule has 3 heteroatoms. The van der Waals surface area contributed by atoms with Crippen LogP contribution in [0.15, 0.2) is 22.7 Å². The molecule has 1 unspecified atom stereocenters. The second-order valence-corrected chi connectivity index (χ2v) is 5.69. The number of hydrogen-bond donors (Lipinski definition) is 1. The van der Waals surface area contributed by atoms with Crippen LogP contribution in [0.1, 0.15) is 30.9 Å². The first-order valence-corrected chi connectivity index (χ1v) is 6.83. The summed E-state index contributed by atoms with van der Waals surface area (Å²) in [7, 11) is 0. The fourth-order valence-electron chi connectivity index (χ4n) is 1.87. The van der Waals surface area contributed by atoms with Crippen molar-refractivity contribution >= 4 is 38.5 Å². The van der Waals surface area contributed by atoms with E-state index in [1.54, 1.807) is 0 Å². The van der Waals surface area contributed by atoms with Crippen LogP contribution in [0.3, 0.4) is 0 Å². The first-order valence-electron chi connectivity index (χ1n) is 4.96. The van der Waals surface area contributed by atoms with Crippen LogP contribution in [0.4, 0.5) is 0 Å². The van der Waals surface area contributed by atoms with Crippen LogP contribution in [0, 0.1) is 3.57 Å². The van der Waals surface area contributed by atoms with Crippen molar-refractivity contribution in [3.63, 3.8) is 0 Å². The molecule has 1 atom stereocenters. The second-order valence-electron chi connectivity index (χ2n) is 3.68. The van der Waals surface area contributed by atoms with Gasteiger partial charge in [0.15, 0.2) is 0 Å². The minimum absolute atomic E-state index is 0.574. The second kappa shape index (κ2) is 4.94. The summed E-state index contributed by atoms with van der Waals surface area (Å²) in [5.74, 6) is 0. The third-order valence-corrected chi connectivity index (χ3v) is 4.98. The maximum absolute atomic E-state index is 3.56. The Balaban J connectivity index is 2.18. The number of piperidine rings is 1. The van der Waals surface area contributed by atoms with Crippen molar-refractivity contribution in [2.75, 3.05) is 6.54 Å². The van der Waals surface area contributed by atoms with Crippen molar-refractivity contribution in [1.29, 1.82) is 0 Å². The Labute approximate surface area is 107 Å². The third-order valence-electron chi connectivity index (χ3n) is 2.66. The molecule has 0 radical (unpaired) electrons. The van der Waals surface area contributed by atoms with Crippen LogP contribution in [0.5, 0.6) is 0 Å². The van der Waals surface area contributed by atoms with E-state index in [4.69, 9.17) is 0 Å². The van der Waals surface area contributed by atoms with Gasteiger partial charge in [0.25, 0.3) is 0 Å². The van der Waals surface area contributed by atoms with Gasteiger partial charge in [-0.25, -0.2) is 0 Å². The summed E-state index contributed by atoms with van der Waals surface area (Å²) in [5, 5.41) is 3.56. The molecule has 0 saturated carbocycles. The van der Waals surface area contributed by atoms with Gasteiger partial charge in [0, 0.05) is 14.1 Å². The van der Waals surface area contributed by atoms with E-state index >= 15 is 0 Å². The molecule has 1 fully saturated rings. The molecule has 76 valence electrons. The summed E-state index contributed by atoms with van der Waals surface area (Å²) in [6, 6.07) is 7.21. The minimum atomic E-state index is 0.574. The summed E-state index contributed by atoms with van der Waals surface area (Å²) in [6.07, 6.45) is 3.95. The van der Waals surface area contributed by atoms with E-state index in [2.05, 4.69) is 62.0 Å². The van der Waals surface area contributed by atoms with Crippen molar-refractivity contribution in [2.45, 2.75) is 25.3 Å². The van der Waals surface area contributed by atoms with Gasteiger partial charge in [-0.15, -0.1) is 0 Å². The van der Waals surface area contributed by atoms with E-state index in [9.17, 15) is 0 Å². The fourth-order valence-corrected chi connectivity index (χ4v) is 2.65. The van der Waals surface area contributed by atoms with E-state index in [1.807, 2.05) is 0 Å². The Morgan fingerprint density at radius 3 is 2.86 bits per heavy atom. The summed E-state index contributed by atoms with van der Waals surface area (Å²) in [5.41, 5.74) is 1.43. The molecule has 1 aliphatic rings. The van der Waals surface area contributed by atoms with Crippen molar-refractivity contribution in [3.8, 4) is 0 Å². The SMILES string of the molecule is Brc1ccc(C2CCCCN2)cc1I. The third kappa shape index (κ3) is 2.49. The zero-order chi connectivity index (χ0) is 9.97. The molecule has 0 spiro atoms. The number of hydrogen-bond acceptors (Lipinski definition) is 1. The standard InChI is InChI=1S/C11H13BrIN/c12-9-5-4-8(7-10(9)13)11-3-1-2-6-14-11/h4-5,7,11,14H,1-3,6H2. The highest BCUT2D eigenvalue weighted by molar-refractivity contribution is 14.1. The highest BCUT2D eigenvalue weighted by atomic mass is 127. The molecule has 2 rings (SSSR count). The van der Waals surface area contributed by atoms with E-state index < -0.39 is 0 Å². The largest absolute Gasteiger partial charge is 0.310 e. The number of halogens is 2. The minimum Gasteiger partial charge on any atom is -0.310 e. The Morgan fingerprint density at radius 1 is 1.36 bits per heavy atom. The van der Waals surface area contributed by atoms with Gasteiger partial charge in [-0.05, 0) is 75.6 Å². The number of rotatable bonds is 1. The van der Waals surface area contributed by atoms with Crippen LogP contribution < -0.4 is 5.32 Å². The van der Waals surface area contributed by atoms with E-state index in [-0.39, 0.29) is 0 Å². The Bertz CT molecular complexity index is 321. The molecule has 1 saturated heterocycles. The Hall–Kier alpha value is 0.390. The molecule has 0 bridgehead atoms. The normalized spacial score (nSPS) is 22.3. The van der Waals surface area contributed by atoms with Gasteiger partial charge in [0.05, 0.1) is 0 Å². The van der Waals surface area contributed by atoms with Gasteiger partial charge < -0.3 is 5.32 Å². The molecule has 1 aromatic rings. The van der Waals surface area contributed by atoms with E-state index in [1.165, 1.54) is 32.9 Å². The first-order chi connectivity index (χ1) is 6.77. The van der Waals surface area contributed by atoms with Gasteiger partial charge >= 0.3 is 0 Å². The zero-order valence-electron chi connectivity index (χ0n) is 7.89. The lowest BCUT2D eigenvalue weighted by Crippen LogP contribution is -2.26. The van der Waals surface area contributed by atoms with E-state index in [0.717, 1.165) is 6.54 Å². The Morgan fingerprint density at radius 2 is 2.21 bits per heavy atom. The van der Waals surface area contributed by atoms with Crippen LogP contribution in [0.25, 0.3) is 0 Å². The van der Waals surface area contributed by atoms with Gasteiger partial charge in [-0.2, -0.15) is 0 Å². The average molecular weight is 366 g/mol. The summed E-state index contributed by atoms with van der Waals surface area (Å²) < 4.78 is 2.49. The lowest BCUT2D eigenvalue weighted by atomic mass is 9.98. The lowest BCUT2D eigenvalue weighted by Gasteiger charge is -2.24. The van der Waals surface area contributed by atoms with Crippen molar-refractivity contribution in [3.05, 3.63) is 31.8 Å². The molecule has 0 aliphatic carbocycles. The molecule has 1 aromatic carbocycles. The molecular formula is C11H13BrIN. The number of benzene rings is 1. The molecule has 0 amide bonds. The highest BCUT2D eigenvalue weighted by Crippen LogP contribution is 2.27. The quantitative estimate of drug-likeness (QED) is 0.745. The lowest BCUT2D eigenvalue weighted by molar-refractivity contribution is 0.412. The van der Waals surface area contributed by atoms with E-state index in [0.29, 0.717) is 6.04 Å². The number of nitrogens with one attached hydrogen (secondary N) is 1. The van der Waals surface area contributed by atoms with Crippen LogP contribution in [-0.2, 0) is 0 Å². The van der Waals surface area contributed by atoms with Gasteiger partial charge in [-0.1, -0.05) is 12.5 Å². The zero-order valence-corrected chi connectivity index (χ0v) is 11.6. The summed E-state index contributed by atoms with van der Waals surface area (Å²) in [6.45, 7) is 1.16. The molecular weight excluding hydrogens is 353 g/mol. The fraction of sp³-hybridized carbons (Fsp3) is 0.455. The molecule has 1 nitrogen and oxygen atoms in total. The Kier molecular flexibility index (Phi) is 3.85.